The second-order valence-corrected chi connectivity index (χ2v) is 6.26. The van der Waals surface area contributed by atoms with Crippen LogP contribution in [-0.4, -0.2) is 28.9 Å². The van der Waals surface area contributed by atoms with Crippen molar-refractivity contribution >= 4 is 23.7 Å². The first kappa shape index (κ1) is 17.5. The third kappa shape index (κ3) is 4.75. The van der Waals surface area contributed by atoms with Crippen molar-refractivity contribution in [3.05, 3.63) is 23.3 Å². The number of ether oxygens (including phenoxy) is 2. The molecule has 1 N–H and O–H groups in total. The Labute approximate surface area is 128 Å². The molecular weight excluding hydrogens is 292 g/mol. The van der Waals surface area contributed by atoms with Crippen molar-refractivity contribution in [2.75, 3.05) is 6.26 Å². The average Bonchev–Trinajstić information content (AvgIpc) is 2.35. The number of aliphatic hydroxyl groups excluding tert-OH is 1. The highest BCUT2D eigenvalue weighted by molar-refractivity contribution is 7.98. The van der Waals surface area contributed by atoms with E-state index in [2.05, 4.69) is 0 Å². The van der Waals surface area contributed by atoms with Crippen LogP contribution in [0.2, 0.25) is 0 Å². The zero-order chi connectivity index (χ0) is 16.2. The summed E-state index contributed by atoms with van der Waals surface area (Å²) in [5, 5.41) is 9.38. The topological polar surface area (TPSA) is 72.8 Å². The van der Waals surface area contributed by atoms with Gasteiger partial charge in [-0.05, 0) is 40.0 Å². The van der Waals surface area contributed by atoms with Gasteiger partial charge in [-0.1, -0.05) is 6.07 Å². The molecule has 0 aliphatic heterocycles. The minimum atomic E-state index is -0.905. The maximum atomic E-state index is 11.9. The zero-order valence-electron chi connectivity index (χ0n) is 12.9. The summed E-state index contributed by atoms with van der Waals surface area (Å²) >= 11 is 1.36. The Balaban J connectivity index is 3.25. The number of hydrogen-bond donors (Lipinski definition) is 1. The molecule has 6 heteroatoms. The van der Waals surface area contributed by atoms with Crippen molar-refractivity contribution in [3.8, 4) is 5.75 Å². The lowest BCUT2D eigenvalue weighted by molar-refractivity contribution is 0.0201. The first-order valence-corrected chi connectivity index (χ1v) is 7.64. The van der Waals surface area contributed by atoms with Gasteiger partial charge in [-0.3, -0.25) is 4.79 Å². The van der Waals surface area contributed by atoms with Crippen LogP contribution in [0, 0.1) is 0 Å². The summed E-state index contributed by atoms with van der Waals surface area (Å²) in [6.07, 6.45) is 0.912. The highest BCUT2D eigenvalue weighted by atomic mass is 32.2. The molecule has 1 aromatic rings. The summed E-state index contributed by atoms with van der Waals surface area (Å²) in [4.78, 5) is 24.4. The van der Waals surface area contributed by atoms with Crippen molar-refractivity contribution < 1.29 is 24.2 Å². The predicted octanol–water partition coefficient (Wildman–Crippen LogP) is 3.42. The van der Waals surface area contributed by atoms with Gasteiger partial charge in [0.05, 0.1) is 12.2 Å². The fourth-order valence-electron chi connectivity index (χ4n) is 1.71. The number of Topliss-reactive ketones (excluding diaryl/α,β-unsaturated/α-hetero) is 1. The molecule has 21 heavy (non-hydrogen) atoms. The second kappa shape index (κ2) is 6.95. The van der Waals surface area contributed by atoms with Gasteiger partial charge in [-0.15, -0.1) is 11.8 Å². The van der Waals surface area contributed by atoms with Gasteiger partial charge in [-0.2, -0.15) is 0 Å². The Morgan fingerprint density at radius 1 is 1.29 bits per heavy atom. The summed E-state index contributed by atoms with van der Waals surface area (Å²) in [6.45, 7) is 6.19. The van der Waals surface area contributed by atoms with Crippen LogP contribution in [-0.2, 0) is 11.3 Å². The lowest BCUT2D eigenvalue weighted by Crippen LogP contribution is -2.26. The lowest BCUT2D eigenvalue weighted by atomic mass is 10.1. The van der Waals surface area contributed by atoms with E-state index in [-0.39, 0.29) is 23.7 Å². The molecule has 0 amide bonds. The zero-order valence-corrected chi connectivity index (χ0v) is 13.7. The molecule has 0 spiro atoms. The van der Waals surface area contributed by atoms with Crippen molar-refractivity contribution in [2.45, 2.75) is 44.8 Å². The van der Waals surface area contributed by atoms with Crippen LogP contribution in [0.3, 0.4) is 0 Å². The van der Waals surface area contributed by atoms with Gasteiger partial charge in [0.1, 0.15) is 5.60 Å². The number of rotatable bonds is 4. The molecule has 0 fully saturated rings. The highest BCUT2D eigenvalue weighted by Crippen LogP contribution is 2.33. The van der Waals surface area contributed by atoms with Gasteiger partial charge in [0.15, 0.2) is 11.5 Å². The van der Waals surface area contributed by atoms with E-state index in [0.717, 1.165) is 0 Å². The molecule has 0 radical (unpaired) electrons. The maximum absolute atomic E-state index is 11.9. The second-order valence-electron chi connectivity index (χ2n) is 5.41. The van der Waals surface area contributed by atoms with Gasteiger partial charge < -0.3 is 14.6 Å². The van der Waals surface area contributed by atoms with E-state index in [1.165, 1.54) is 18.7 Å². The van der Waals surface area contributed by atoms with Crippen LogP contribution in [0.5, 0.6) is 5.75 Å². The molecule has 5 nitrogen and oxygen atoms in total. The van der Waals surface area contributed by atoms with Crippen LogP contribution in [0.25, 0.3) is 0 Å². The maximum Gasteiger partial charge on any atom is 0.514 e. The minimum Gasteiger partial charge on any atom is -0.428 e. The SMILES string of the molecule is CSc1ccc(CO)c(OC(=O)OC(C)(C)C)c1C(C)=O. The Bertz CT molecular complexity index is 546. The molecule has 0 heterocycles. The molecule has 0 aliphatic rings. The number of hydrogen-bond acceptors (Lipinski definition) is 6. The van der Waals surface area contributed by atoms with E-state index >= 15 is 0 Å². The molecule has 1 rings (SSSR count). The molecule has 0 aliphatic carbocycles. The molecule has 0 atom stereocenters. The van der Waals surface area contributed by atoms with E-state index in [9.17, 15) is 14.7 Å². The van der Waals surface area contributed by atoms with Crippen molar-refractivity contribution in [3.63, 3.8) is 0 Å². The van der Waals surface area contributed by atoms with Gasteiger partial charge in [0.2, 0.25) is 0 Å². The quantitative estimate of drug-likeness (QED) is 0.397. The van der Waals surface area contributed by atoms with Gasteiger partial charge in [0, 0.05) is 10.5 Å². The number of ketones is 1. The normalized spacial score (nSPS) is 11.1. The van der Waals surface area contributed by atoms with Crippen molar-refractivity contribution in [1.82, 2.24) is 0 Å². The monoisotopic (exact) mass is 312 g/mol. The van der Waals surface area contributed by atoms with Crippen LogP contribution in [0.1, 0.15) is 43.6 Å². The number of thioether (sulfide) groups is 1. The smallest absolute Gasteiger partial charge is 0.428 e. The molecule has 0 bridgehead atoms. The lowest BCUT2D eigenvalue weighted by Gasteiger charge is -2.20. The van der Waals surface area contributed by atoms with Crippen molar-refractivity contribution in [1.29, 1.82) is 0 Å². The Hall–Kier alpha value is -1.53. The largest absolute Gasteiger partial charge is 0.514 e. The molecule has 116 valence electrons. The van der Waals surface area contributed by atoms with Crippen LogP contribution >= 0.6 is 11.8 Å². The standard InChI is InChI=1S/C15H20O5S/c1-9(17)12-11(21-5)7-6-10(8-16)13(12)19-14(18)20-15(2,3)4/h6-7,16H,8H2,1-5H3. The molecule has 0 saturated carbocycles. The molecule has 0 saturated heterocycles. The average molecular weight is 312 g/mol. The van der Waals surface area contributed by atoms with E-state index < -0.39 is 11.8 Å². The van der Waals surface area contributed by atoms with Gasteiger partial charge >= 0.3 is 6.16 Å². The highest BCUT2D eigenvalue weighted by Gasteiger charge is 2.24. The summed E-state index contributed by atoms with van der Waals surface area (Å²) in [7, 11) is 0. The third-order valence-corrected chi connectivity index (χ3v) is 3.30. The van der Waals surface area contributed by atoms with Crippen LogP contribution in [0.15, 0.2) is 17.0 Å². The number of aliphatic hydroxyl groups is 1. The minimum absolute atomic E-state index is 0.0612. The fourth-order valence-corrected chi connectivity index (χ4v) is 2.35. The summed E-state index contributed by atoms with van der Waals surface area (Å²) in [5.74, 6) is -0.181. The predicted molar refractivity (Wildman–Crippen MR) is 81.0 cm³/mol. The number of carbonyl (C=O) groups excluding carboxylic acids is 2. The summed E-state index contributed by atoms with van der Waals surface area (Å²) in [5.41, 5.74) is -0.0620. The van der Waals surface area contributed by atoms with Gasteiger partial charge in [0.25, 0.3) is 0 Å². The molecule has 0 aromatic heterocycles. The van der Waals surface area contributed by atoms with E-state index in [4.69, 9.17) is 9.47 Å². The van der Waals surface area contributed by atoms with E-state index in [1.807, 2.05) is 6.26 Å². The third-order valence-electron chi connectivity index (χ3n) is 2.52. The first-order chi connectivity index (χ1) is 9.69. The van der Waals surface area contributed by atoms with E-state index in [0.29, 0.717) is 10.5 Å². The molecule has 0 unspecified atom stereocenters. The Morgan fingerprint density at radius 3 is 2.33 bits per heavy atom. The number of benzene rings is 1. The van der Waals surface area contributed by atoms with Crippen LogP contribution < -0.4 is 4.74 Å². The van der Waals surface area contributed by atoms with Crippen LogP contribution in [0.4, 0.5) is 4.79 Å². The summed E-state index contributed by atoms with van der Waals surface area (Å²) in [6, 6.07) is 3.34. The summed E-state index contributed by atoms with van der Waals surface area (Å²) < 4.78 is 10.3. The number of carbonyl (C=O) groups is 2. The van der Waals surface area contributed by atoms with E-state index in [1.54, 1.807) is 32.9 Å². The molecular formula is C15H20O5S. The Morgan fingerprint density at radius 2 is 1.90 bits per heavy atom. The Kier molecular flexibility index (Phi) is 5.80. The van der Waals surface area contributed by atoms with Crippen molar-refractivity contribution in [2.24, 2.45) is 0 Å². The first-order valence-electron chi connectivity index (χ1n) is 6.42. The van der Waals surface area contributed by atoms with Gasteiger partial charge in [-0.25, -0.2) is 4.79 Å². The molecule has 1 aromatic carbocycles. The fraction of sp³-hybridized carbons (Fsp3) is 0.467.